The van der Waals surface area contributed by atoms with E-state index in [0.717, 1.165) is 12.0 Å². The summed E-state index contributed by atoms with van der Waals surface area (Å²) in [7, 11) is 0. The minimum atomic E-state index is -0.613. The van der Waals surface area contributed by atoms with Gasteiger partial charge in [-0.25, -0.2) is 4.79 Å². The second-order valence-electron chi connectivity index (χ2n) is 6.62. The first-order valence-corrected chi connectivity index (χ1v) is 8.17. The monoisotopic (exact) mass is 357 g/mol. The van der Waals surface area contributed by atoms with Gasteiger partial charge in [-0.15, -0.1) is 0 Å². The van der Waals surface area contributed by atoms with Gasteiger partial charge in [-0.1, -0.05) is 24.3 Å². The quantitative estimate of drug-likeness (QED) is 0.447. The molecule has 1 aliphatic heterocycles. The Morgan fingerprint density at radius 3 is 2.77 bits per heavy atom. The van der Waals surface area contributed by atoms with Crippen molar-refractivity contribution in [1.29, 1.82) is 0 Å². The molecular formula is C19H19NO6. The third-order valence-corrected chi connectivity index (χ3v) is 3.98. The van der Waals surface area contributed by atoms with Crippen molar-refractivity contribution in [2.24, 2.45) is 0 Å². The molecule has 0 aromatic heterocycles. The van der Waals surface area contributed by atoms with Crippen molar-refractivity contribution in [2.45, 2.75) is 32.5 Å². The predicted molar refractivity (Wildman–Crippen MR) is 93.2 cm³/mol. The Hall–Kier alpha value is -3.09. The van der Waals surface area contributed by atoms with Crippen molar-refractivity contribution in [2.75, 3.05) is 6.61 Å². The van der Waals surface area contributed by atoms with E-state index in [1.807, 2.05) is 26.0 Å². The summed E-state index contributed by atoms with van der Waals surface area (Å²) < 4.78 is 16.5. The first-order valence-electron chi connectivity index (χ1n) is 8.17. The van der Waals surface area contributed by atoms with Gasteiger partial charge in [0.2, 0.25) is 0 Å². The molecule has 0 amide bonds. The molecule has 0 saturated heterocycles. The highest BCUT2D eigenvalue weighted by molar-refractivity contribution is 5.71. The van der Waals surface area contributed by atoms with E-state index in [1.54, 1.807) is 24.3 Å². The molecule has 7 heteroatoms. The summed E-state index contributed by atoms with van der Waals surface area (Å²) in [5, 5.41) is 11.0. The van der Waals surface area contributed by atoms with Gasteiger partial charge < -0.3 is 14.2 Å². The molecule has 2 aromatic rings. The molecule has 0 fully saturated rings. The maximum absolute atomic E-state index is 11.9. The zero-order valence-corrected chi connectivity index (χ0v) is 14.6. The number of para-hydroxylation sites is 2. The van der Waals surface area contributed by atoms with E-state index in [0.29, 0.717) is 17.1 Å². The molecule has 0 bridgehead atoms. The lowest BCUT2D eigenvalue weighted by Gasteiger charge is -2.18. The van der Waals surface area contributed by atoms with Crippen LogP contribution in [0.2, 0.25) is 0 Å². The Bertz CT molecular complexity index is 846. The Kier molecular flexibility index (Phi) is 4.79. The SMILES string of the molecule is CC1(C)Cc2cccc(OCC(=O)OCc3ccccc3[N+](=O)[O-])c2O1. The van der Waals surface area contributed by atoms with Crippen LogP contribution in [0.25, 0.3) is 0 Å². The van der Waals surface area contributed by atoms with Crippen LogP contribution in [0.1, 0.15) is 25.0 Å². The number of nitro benzene ring substituents is 1. The number of hydrogen-bond donors (Lipinski definition) is 0. The third kappa shape index (κ3) is 3.93. The number of fused-ring (bicyclic) bond motifs is 1. The molecule has 136 valence electrons. The van der Waals surface area contributed by atoms with E-state index in [-0.39, 0.29) is 24.5 Å². The molecule has 0 aliphatic carbocycles. The standard InChI is InChI=1S/C19H19NO6/c1-19(2)10-13-7-5-9-16(18(13)26-19)24-12-17(21)25-11-14-6-3-4-8-15(14)20(22)23/h3-9H,10-12H2,1-2H3. The summed E-state index contributed by atoms with van der Waals surface area (Å²) in [6.07, 6.45) is 0.766. The average molecular weight is 357 g/mol. The van der Waals surface area contributed by atoms with Crippen LogP contribution in [0.5, 0.6) is 11.5 Å². The average Bonchev–Trinajstić information content (AvgIpc) is 2.92. The molecule has 0 atom stereocenters. The van der Waals surface area contributed by atoms with E-state index in [2.05, 4.69) is 0 Å². The Morgan fingerprint density at radius 1 is 1.23 bits per heavy atom. The molecular weight excluding hydrogens is 338 g/mol. The number of nitro groups is 1. The summed E-state index contributed by atoms with van der Waals surface area (Å²) in [4.78, 5) is 22.4. The van der Waals surface area contributed by atoms with E-state index in [1.165, 1.54) is 6.07 Å². The maximum atomic E-state index is 11.9. The topological polar surface area (TPSA) is 87.9 Å². The van der Waals surface area contributed by atoms with Crippen LogP contribution >= 0.6 is 0 Å². The number of carbonyl (C=O) groups is 1. The van der Waals surface area contributed by atoms with Crippen molar-refractivity contribution >= 4 is 11.7 Å². The van der Waals surface area contributed by atoms with Crippen molar-refractivity contribution in [3.8, 4) is 11.5 Å². The number of rotatable bonds is 6. The number of hydrogen-bond acceptors (Lipinski definition) is 6. The van der Waals surface area contributed by atoms with Crippen molar-refractivity contribution in [3.05, 3.63) is 63.7 Å². The van der Waals surface area contributed by atoms with E-state index in [9.17, 15) is 14.9 Å². The number of nitrogens with zero attached hydrogens (tertiary/aromatic N) is 1. The molecule has 26 heavy (non-hydrogen) atoms. The molecule has 2 aromatic carbocycles. The van der Waals surface area contributed by atoms with Crippen molar-refractivity contribution in [1.82, 2.24) is 0 Å². The highest BCUT2D eigenvalue weighted by Gasteiger charge is 2.32. The summed E-state index contributed by atoms with van der Waals surface area (Å²) in [6.45, 7) is 3.48. The number of carbonyl (C=O) groups excluding carboxylic acids is 1. The summed E-state index contributed by atoms with van der Waals surface area (Å²) in [5.74, 6) is 0.512. The van der Waals surface area contributed by atoms with Gasteiger partial charge >= 0.3 is 5.97 Å². The van der Waals surface area contributed by atoms with Crippen molar-refractivity contribution < 1.29 is 23.9 Å². The van der Waals surface area contributed by atoms with Crippen LogP contribution < -0.4 is 9.47 Å². The second-order valence-corrected chi connectivity index (χ2v) is 6.62. The summed E-state index contributed by atoms with van der Waals surface area (Å²) >= 11 is 0. The van der Waals surface area contributed by atoms with Gasteiger partial charge in [0.25, 0.3) is 5.69 Å². The van der Waals surface area contributed by atoms with Gasteiger partial charge in [0.1, 0.15) is 12.2 Å². The van der Waals surface area contributed by atoms with Gasteiger partial charge in [-0.2, -0.15) is 0 Å². The lowest BCUT2D eigenvalue weighted by atomic mass is 10.0. The van der Waals surface area contributed by atoms with Crippen LogP contribution in [0.4, 0.5) is 5.69 Å². The number of ether oxygens (including phenoxy) is 3. The van der Waals surface area contributed by atoms with E-state index < -0.39 is 10.9 Å². The molecule has 0 N–H and O–H groups in total. The van der Waals surface area contributed by atoms with Gasteiger partial charge in [0.05, 0.1) is 10.5 Å². The third-order valence-electron chi connectivity index (χ3n) is 3.98. The van der Waals surface area contributed by atoms with Crippen molar-refractivity contribution in [3.63, 3.8) is 0 Å². The molecule has 3 rings (SSSR count). The zero-order chi connectivity index (χ0) is 18.7. The highest BCUT2D eigenvalue weighted by atomic mass is 16.6. The van der Waals surface area contributed by atoms with Gasteiger partial charge in [-0.3, -0.25) is 10.1 Å². The van der Waals surface area contributed by atoms with Gasteiger partial charge in [0, 0.05) is 18.1 Å². The van der Waals surface area contributed by atoms with E-state index in [4.69, 9.17) is 14.2 Å². The molecule has 0 saturated carbocycles. The Morgan fingerprint density at radius 2 is 2.00 bits per heavy atom. The Balaban J connectivity index is 1.58. The molecule has 1 heterocycles. The Labute approximate surface area is 150 Å². The molecule has 0 spiro atoms. The smallest absolute Gasteiger partial charge is 0.344 e. The first-order chi connectivity index (χ1) is 12.4. The molecule has 0 radical (unpaired) electrons. The van der Waals surface area contributed by atoms with Gasteiger partial charge in [0.15, 0.2) is 18.1 Å². The van der Waals surface area contributed by atoms with Crippen LogP contribution in [0.3, 0.4) is 0 Å². The fourth-order valence-corrected chi connectivity index (χ4v) is 2.85. The van der Waals surface area contributed by atoms with Crippen LogP contribution in [0.15, 0.2) is 42.5 Å². The molecule has 1 aliphatic rings. The number of esters is 1. The second kappa shape index (κ2) is 7.03. The highest BCUT2D eigenvalue weighted by Crippen LogP contribution is 2.41. The van der Waals surface area contributed by atoms with E-state index >= 15 is 0 Å². The normalized spacial score (nSPS) is 14.2. The zero-order valence-electron chi connectivity index (χ0n) is 14.6. The fraction of sp³-hybridized carbons (Fsp3) is 0.316. The summed E-state index contributed by atoms with van der Waals surface area (Å²) in [6, 6.07) is 11.7. The van der Waals surface area contributed by atoms with Gasteiger partial charge in [-0.05, 0) is 26.0 Å². The first kappa shape index (κ1) is 17.7. The fourth-order valence-electron chi connectivity index (χ4n) is 2.85. The largest absolute Gasteiger partial charge is 0.483 e. The molecule has 7 nitrogen and oxygen atoms in total. The molecule has 0 unspecified atom stereocenters. The maximum Gasteiger partial charge on any atom is 0.344 e. The summed E-state index contributed by atoms with van der Waals surface area (Å²) in [5.41, 5.74) is 0.962. The minimum Gasteiger partial charge on any atom is -0.483 e. The predicted octanol–water partition coefficient (Wildman–Crippen LogP) is 3.43. The van der Waals surface area contributed by atoms with Crippen LogP contribution in [-0.2, 0) is 22.6 Å². The lowest BCUT2D eigenvalue weighted by Crippen LogP contribution is -2.24. The lowest BCUT2D eigenvalue weighted by molar-refractivity contribution is -0.385. The van der Waals surface area contributed by atoms with Crippen LogP contribution in [-0.4, -0.2) is 23.1 Å². The van der Waals surface area contributed by atoms with Crippen LogP contribution in [0, 0.1) is 10.1 Å². The minimum absolute atomic E-state index is 0.0854. The number of benzene rings is 2.